The van der Waals surface area contributed by atoms with Crippen LogP contribution in [0, 0.1) is 0 Å². The number of carbonyl (C=O) groups excluding carboxylic acids is 3. The smallest absolute Gasteiger partial charge is 0.348 e. The molecule has 1 fully saturated rings. The van der Waals surface area contributed by atoms with Gasteiger partial charge in [-0.1, -0.05) is 0 Å². The topological polar surface area (TPSA) is 130 Å². The van der Waals surface area contributed by atoms with Crippen LogP contribution in [0.1, 0.15) is 49.8 Å². The van der Waals surface area contributed by atoms with E-state index in [0.717, 1.165) is 30.2 Å². The number of hydrogen-bond acceptors (Lipinski definition) is 11. The normalized spacial score (nSPS) is 13.5. The summed E-state index contributed by atoms with van der Waals surface area (Å²) in [4.78, 5) is 43.8. The Bertz CT molecular complexity index is 969. The van der Waals surface area contributed by atoms with Crippen molar-refractivity contribution in [2.75, 3.05) is 50.2 Å². The molecule has 2 aromatic heterocycles. The maximum Gasteiger partial charge on any atom is 0.348 e. The molecule has 172 valence electrons. The molecule has 3 rings (SSSR count). The first-order chi connectivity index (χ1) is 15.5. The minimum Gasteiger partial charge on any atom is -0.462 e. The molecule has 0 saturated carbocycles. The van der Waals surface area contributed by atoms with Crippen molar-refractivity contribution in [1.82, 2.24) is 4.98 Å². The number of pyridine rings is 1. The van der Waals surface area contributed by atoms with Crippen LogP contribution in [-0.4, -0.2) is 62.4 Å². The van der Waals surface area contributed by atoms with Crippen molar-refractivity contribution in [3.8, 4) is 0 Å². The van der Waals surface area contributed by atoms with Crippen molar-refractivity contribution in [2.45, 2.75) is 20.5 Å². The van der Waals surface area contributed by atoms with E-state index in [1.807, 2.05) is 0 Å². The van der Waals surface area contributed by atoms with Gasteiger partial charge in [-0.3, -0.25) is 0 Å². The van der Waals surface area contributed by atoms with Gasteiger partial charge in [-0.25, -0.2) is 19.4 Å². The zero-order chi connectivity index (χ0) is 23.1. The molecule has 0 aliphatic carbocycles. The zero-order valence-corrected chi connectivity index (χ0v) is 18.7. The number of carbonyl (C=O) groups is 3. The van der Waals surface area contributed by atoms with Crippen LogP contribution in [0.25, 0.3) is 0 Å². The molecule has 0 unspecified atom stereocenters. The van der Waals surface area contributed by atoms with Gasteiger partial charge in [0, 0.05) is 24.8 Å². The van der Waals surface area contributed by atoms with Crippen LogP contribution in [0.5, 0.6) is 0 Å². The Hall–Kier alpha value is -3.18. The highest BCUT2D eigenvalue weighted by Gasteiger charge is 2.28. The van der Waals surface area contributed by atoms with E-state index in [-0.39, 0.29) is 46.4 Å². The third-order valence-electron chi connectivity index (χ3n) is 4.64. The Kier molecular flexibility index (Phi) is 8.01. The summed E-state index contributed by atoms with van der Waals surface area (Å²) in [6.07, 6.45) is 1.42. The maximum absolute atomic E-state index is 12.6. The Morgan fingerprint density at radius 2 is 1.75 bits per heavy atom. The van der Waals surface area contributed by atoms with Crippen molar-refractivity contribution in [3.05, 3.63) is 39.9 Å². The SMILES string of the molecule is CCOC(=O)c1sc(N)c(C(=O)OCC)c1COC(=O)c1ccc(N2CCOCC2)nc1. The molecule has 0 atom stereocenters. The van der Waals surface area contributed by atoms with Gasteiger partial charge >= 0.3 is 17.9 Å². The number of ether oxygens (including phenoxy) is 4. The van der Waals surface area contributed by atoms with Gasteiger partial charge in [0.1, 0.15) is 27.9 Å². The number of anilines is 2. The predicted octanol–water partition coefficient (Wildman–Crippen LogP) is 2.27. The van der Waals surface area contributed by atoms with E-state index in [1.165, 1.54) is 6.20 Å². The summed E-state index contributed by atoms with van der Waals surface area (Å²) in [5, 5.41) is 0.0917. The van der Waals surface area contributed by atoms with Crippen LogP contribution in [0.3, 0.4) is 0 Å². The number of nitrogen functional groups attached to an aromatic ring is 1. The van der Waals surface area contributed by atoms with Crippen LogP contribution in [0.15, 0.2) is 18.3 Å². The summed E-state index contributed by atoms with van der Waals surface area (Å²) in [7, 11) is 0. The lowest BCUT2D eigenvalue weighted by Crippen LogP contribution is -2.36. The lowest BCUT2D eigenvalue weighted by molar-refractivity contribution is 0.0437. The van der Waals surface area contributed by atoms with Crippen molar-refractivity contribution >= 4 is 40.1 Å². The highest BCUT2D eigenvalue weighted by molar-refractivity contribution is 7.18. The summed E-state index contributed by atoms with van der Waals surface area (Å²) in [6.45, 7) is 5.94. The van der Waals surface area contributed by atoms with Crippen molar-refractivity contribution in [1.29, 1.82) is 0 Å². The number of morpholine rings is 1. The van der Waals surface area contributed by atoms with E-state index in [0.29, 0.717) is 13.2 Å². The fraction of sp³-hybridized carbons (Fsp3) is 0.429. The second-order valence-corrected chi connectivity index (χ2v) is 7.72. The van der Waals surface area contributed by atoms with E-state index in [1.54, 1.807) is 26.0 Å². The van der Waals surface area contributed by atoms with Crippen LogP contribution in [0.4, 0.5) is 10.8 Å². The first kappa shape index (κ1) is 23.5. The number of aromatic nitrogens is 1. The molecule has 0 amide bonds. The number of hydrogen-bond donors (Lipinski definition) is 1. The lowest BCUT2D eigenvalue weighted by atomic mass is 10.1. The van der Waals surface area contributed by atoms with Gasteiger partial charge in [0.2, 0.25) is 0 Å². The standard InChI is InChI=1S/C21H25N3O7S/c1-3-29-20(26)16-14(17(32-18(16)22)21(27)30-4-2)12-31-19(25)13-5-6-15(23-11-13)24-7-9-28-10-8-24/h5-6,11H,3-4,7-10,12,22H2,1-2H3. The molecule has 2 N–H and O–H groups in total. The average Bonchev–Trinajstić information content (AvgIpc) is 3.14. The Morgan fingerprint density at radius 3 is 2.38 bits per heavy atom. The van der Waals surface area contributed by atoms with Gasteiger partial charge in [0.05, 0.1) is 32.0 Å². The molecule has 0 aromatic carbocycles. The van der Waals surface area contributed by atoms with Gasteiger partial charge in [-0.2, -0.15) is 0 Å². The zero-order valence-electron chi connectivity index (χ0n) is 17.9. The molecule has 0 bridgehead atoms. The minimum atomic E-state index is -0.695. The monoisotopic (exact) mass is 463 g/mol. The predicted molar refractivity (Wildman–Crippen MR) is 117 cm³/mol. The van der Waals surface area contributed by atoms with E-state index < -0.39 is 17.9 Å². The molecule has 1 saturated heterocycles. The molecule has 1 aliphatic heterocycles. The van der Waals surface area contributed by atoms with Crippen LogP contribution in [0.2, 0.25) is 0 Å². The number of thiophene rings is 1. The molecular formula is C21H25N3O7S. The largest absolute Gasteiger partial charge is 0.462 e. The molecule has 3 heterocycles. The first-order valence-electron chi connectivity index (χ1n) is 10.2. The third-order valence-corrected chi connectivity index (χ3v) is 5.68. The van der Waals surface area contributed by atoms with E-state index in [2.05, 4.69) is 9.88 Å². The Labute approximate surface area is 189 Å². The highest BCUT2D eigenvalue weighted by Crippen LogP contribution is 2.33. The average molecular weight is 464 g/mol. The molecule has 1 aliphatic rings. The first-order valence-corrected chi connectivity index (χ1v) is 11.0. The number of nitrogens with two attached hydrogens (primary N) is 1. The fourth-order valence-electron chi connectivity index (χ4n) is 3.12. The van der Waals surface area contributed by atoms with Crippen LogP contribution < -0.4 is 10.6 Å². The quantitative estimate of drug-likeness (QED) is 0.459. The number of esters is 3. The molecule has 11 heteroatoms. The van der Waals surface area contributed by atoms with E-state index >= 15 is 0 Å². The Balaban J connectivity index is 1.76. The third kappa shape index (κ3) is 5.35. The number of rotatable bonds is 8. The van der Waals surface area contributed by atoms with Gasteiger partial charge in [-0.15, -0.1) is 11.3 Å². The van der Waals surface area contributed by atoms with Crippen molar-refractivity contribution in [2.24, 2.45) is 0 Å². The molecule has 0 radical (unpaired) electrons. The second-order valence-electron chi connectivity index (χ2n) is 6.67. The van der Waals surface area contributed by atoms with Crippen LogP contribution >= 0.6 is 11.3 Å². The fourth-order valence-corrected chi connectivity index (χ4v) is 4.07. The van der Waals surface area contributed by atoms with Crippen molar-refractivity contribution < 1.29 is 33.3 Å². The number of nitrogens with zero attached hydrogens (tertiary/aromatic N) is 2. The summed E-state index contributed by atoms with van der Waals surface area (Å²) >= 11 is 0.891. The van der Waals surface area contributed by atoms with Gasteiger partial charge in [-0.05, 0) is 26.0 Å². The van der Waals surface area contributed by atoms with Gasteiger partial charge in [0.15, 0.2) is 0 Å². The highest BCUT2D eigenvalue weighted by atomic mass is 32.1. The molecule has 10 nitrogen and oxygen atoms in total. The van der Waals surface area contributed by atoms with Gasteiger partial charge in [0.25, 0.3) is 0 Å². The van der Waals surface area contributed by atoms with E-state index in [9.17, 15) is 14.4 Å². The summed E-state index contributed by atoms with van der Waals surface area (Å²) in [6, 6.07) is 3.35. The van der Waals surface area contributed by atoms with Crippen LogP contribution in [-0.2, 0) is 25.6 Å². The molecule has 2 aromatic rings. The maximum atomic E-state index is 12.6. The lowest BCUT2D eigenvalue weighted by Gasteiger charge is -2.27. The molecule has 32 heavy (non-hydrogen) atoms. The van der Waals surface area contributed by atoms with Crippen molar-refractivity contribution in [3.63, 3.8) is 0 Å². The molecular weight excluding hydrogens is 438 g/mol. The Morgan fingerprint density at radius 1 is 1.06 bits per heavy atom. The summed E-state index contributed by atoms with van der Waals surface area (Å²) in [5.41, 5.74) is 6.37. The van der Waals surface area contributed by atoms with E-state index in [4.69, 9.17) is 24.7 Å². The summed E-state index contributed by atoms with van der Waals surface area (Å²) < 4.78 is 20.8. The van der Waals surface area contributed by atoms with Gasteiger partial charge < -0.3 is 29.6 Å². The second kappa shape index (κ2) is 10.9. The molecule has 0 spiro atoms. The summed E-state index contributed by atoms with van der Waals surface area (Å²) in [5.74, 6) is -1.26. The minimum absolute atomic E-state index is 0.00786.